The summed E-state index contributed by atoms with van der Waals surface area (Å²) < 4.78 is 1.68. The van der Waals surface area contributed by atoms with Gasteiger partial charge in [-0.3, -0.25) is 20.6 Å². The highest BCUT2D eigenvalue weighted by Crippen LogP contribution is 2.14. The van der Waals surface area contributed by atoms with E-state index in [9.17, 15) is 4.79 Å². The standard InChI is InChI=1S/C17H21N7O/c25-16-14-11-20-24(13-6-2-1-3-7-13)15(14)21-17(22-16)18-9-4-5-12-8-10-19-23-12/h1-3,6-7,11-12,19,23H,4-5,8-10H2,(H2,18,21,22,25). The summed E-state index contributed by atoms with van der Waals surface area (Å²) in [5.41, 5.74) is 7.63. The molecule has 1 aliphatic rings. The molecule has 3 aromatic rings. The molecule has 1 atom stereocenters. The molecule has 1 fully saturated rings. The van der Waals surface area contributed by atoms with Crippen molar-refractivity contribution >= 4 is 17.0 Å². The van der Waals surface area contributed by atoms with Gasteiger partial charge in [0.1, 0.15) is 5.39 Å². The summed E-state index contributed by atoms with van der Waals surface area (Å²) in [6.45, 7) is 1.78. The highest BCUT2D eigenvalue weighted by molar-refractivity contribution is 5.76. The number of para-hydroxylation sites is 1. The number of aromatic nitrogens is 4. The average Bonchev–Trinajstić information content (AvgIpc) is 3.29. The maximum atomic E-state index is 12.3. The predicted molar refractivity (Wildman–Crippen MR) is 96.8 cm³/mol. The number of hydrazine groups is 1. The minimum Gasteiger partial charge on any atom is -0.356 e. The van der Waals surface area contributed by atoms with E-state index in [1.54, 1.807) is 10.9 Å². The maximum Gasteiger partial charge on any atom is 0.263 e. The van der Waals surface area contributed by atoms with Crippen LogP contribution in [0.25, 0.3) is 16.7 Å². The molecule has 1 unspecified atom stereocenters. The molecule has 0 aliphatic carbocycles. The lowest BCUT2D eigenvalue weighted by molar-refractivity contribution is 0.511. The normalized spacial score (nSPS) is 17.2. The van der Waals surface area contributed by atoms with Gasteiger partial charge >= 0.3 is 0 Å². The number of anilines is 1. The van der Waals surface area contributed by atoms with Crippen molar-refractivity contribution in [2.45, 2.75) is 25.3 Å². The van der Waals surface area contributed by atoms with E-state index in [4.69, 9.17) is 0 Å². The van der Waals surface area contributed by atoms with Gasteiger partial charge < -0.3 is 5.32 Å². The Bertz CT molecular complexity index is 896. The first-order valence-corrected chi connectivity index (χ1v) is 8.57. The van der Waals surface area contributed by atoms with Gasteiger partial charge in [-0.05, 0) is 31.4 Å². The fraction of sp³-hybridized carbons (Fsp3) is 0.353. The number of nitrogens with zero attached hydrogens (tertiary/aromatic N) is 3. The van der Waals surface area contributed by atoms with Crippen molar-refractivity contribution in [3.8, 4) is 5.69 Å². The first-order chi connectivity index (χ1) is 12.3. The van der Waals surface area contributed by atoms with Gasteiger partial charge in [0, 0.05) is 19.1 Å². The van der Waals surface area contributed by atoms with Gasteiger partial charge in [0.05, 0.1) is 11.9 Å². The Morgan fingerprint density at radius 2 is 2.16 bits per heavy atom. The number of nitrogens with one attached hydrogen (secondary N) is 4. The Morgan fingerprint density at radius 1 is 1.28 bits per heavy atom. The summed E-state index contributed by atoms with van der Waals surface area (Å²) in [6.07, 6.45) is 4.78. The Balaban J connectivity index is 1.51. The quantitative estimate of drug-likeness (QED) is 0.503. The second-order valence-corrected chi connectivity index (χ2v) is 6.17. The second kappa shape index (κ2) is 7.04. The fourth-order valence-corrected chi connectivity index (χ4v) is 3.07. The largest absolute Gasteiger partial charge is 0.356 e. The molecule has 0 saturated carbocycles. The minimum absolute atomic E-state index is 0.184. The lowest BCUT2D eigenvalue weighted by atomic mass is 10.1. The minimum atomic E-state index is -0.184. The van der Waals surface area contributed by atoms with Gasteiger partial charge in [0.15, 0.2) is 5.65 Å². The Morgan fingerprint density at radius 3 is 2.96 bits per heavy atom. The molecule has 25 heavy (non-hydrogen) atoms. The molecule has 4 rings (SSSR count). The van der Waals surface area contributed by atoms with E-state index in [-0.39, 0.29) is 5.56 Å². The number of aromatic amines is 1. The van der Waals surface area contributed by atoms with Gasteiger partial charge in [-0.15, -0.1) is 0 Å². The van der Waals surface area contributed by atoms with Gasteiger partial charge in [-0.1, -0.05) is 18.2 Å². The molecule has 130 valence electrons. The zero-order chi connectivity index (χ0) is 17.1. The first-order valence-electron chi connectivity index (χ1n) is 8.57. The molecular weight excluding hydrogens is 318 g/mol. The van der Waals surface area contributed by atoms with E-state index in [1.165, 1.54) is 0 Å². The Hall–Kier alpha value is -2.71. The van der Waals surface area contributed by atoms with E-state index in [1.807, 2.05) is 30.3 Å². The lowest BCUT2D eigenvalue weighted by Gasteiger charge is -2.10. The van der Waals surface area contributed by atoms with E-state index < -0.39 is 0 Å². The van der Waals surface area contributed by atoms with Gasteiger partial charge in [-0.2, -0.15) is 10.1 Å². The summed E-state index contributed by atoms with van der Waals surface area (Å²) in [5.74, 6) is 0.479. The number of rotatable bonds is 6. The molecule has 3 heterocycles. The highest BCUT2D eigenvalue weighted by Gasteiger charge is 2.13. The number of hydrogen-bond acceptors (Lipinski definition) is 6. The third kappa shape index (κ3) is 3.40. The van der Waals surface area contributed by atoms with Crippen molar-refractivity contribution in [3.63, 3.8) is 0 Å². The summed E-state index contributed by atoms with van der Waals surface area (Å²) in [4.78, 5) is 19.6. The van der Waals surface area contributed by atoms with Crippen molar-refractivity contribution in [2.24, 2.45) is 0 Å². The second-order valence-electron chi connectivity index (χ2n) is 6.17. The van der Waals surface area contributed by atoms with Crippen molar-refractivity contribution in [3.05, 3.63) is 46.9 Å². The maximum absolute atomic E-state index is 12.3. The van der Waals surface area contributed by atoms with Crippen LogP contribution in [0.2, 0.25) is 0 Å². The van der Waals surface area contributed by atoms with Crippen molar-refractivity contribution < 1.29 is 0 Å². The van der Waals surface area contributed by atoms with Crippen LogP contribution < -0.4 is 21.7 Å². The topological polar surface area (TPSA) is 99.7 Å². The van der Waals surface area contributed by atoms with Crippen molar-refractivity contribution in [1.82, 2.24) is 30.6 Å². The number of fused-ring (bicyclic) bond motifs is 1. The average molecular weight is 339 g/mol. The molecule has 8 nitrogen and oxygen atoms in total. The zero-order valence-corrected chi connectivity index (χ0v) is 13.8. The SMILES string of the molecule is O=c1[nH]c(NCCCC2CCNN2)nc2c1cnn2-c1ccccc1. The van der Waals surface area contributed by atoms with Crippen LogP contribution in [0, 0.1) is 0 Å². The van der Waals surface area contributed by atoms with E-state index in [2.05, 4.69) is 31.2 Å². The van der Waals surface area contributed by atoms with Crippen LogP contribution >= 0.6 is 0 Å². The molecule has 0 amide bonds. The molecule has 0 bridgehead atoms. The molecule has 1 aliphatic heterocycles. The molecule has 1 saturated heterocycles. The Kier molecular flexibility index (Phi) is 4.45. The highest BCUT2D eigenvalue weighted by atomic mass is 16.1. The molecule has 4 N–H and O–H groups in total. The molecule has 0 spiro atoms. The molecule has 1 aromatic carbocycles. The van der Waals surface area contributed by atoms with Gasteiger partial charge in [0.25, 0.3) is 5.56 Å². The third-order valence-electron chi connectivity index (χ3n) is 4.38. The van der Waals surface area contributed by atoms with Gasteiger partial charge in [0.2, 0.25) is 5.95 Å². The number of benzene rings is 1. The third-order valence-corrected chi connectivity index (χ3v) is 4.38. The molecular formula is C17H21N7O. The molecule has 8 heteroatoms. The van der Waals surface area contributed by atoms with Gasteiger partial charge in [-0.25, -0.2) is 4.68 Å². The van der Waals surface area contributed by atoms with Crippen LogP contribution in [0.4, 0.5) is 5.95 Å². The van der Waals surface area contributed by atoms with Crippen LogP contribution in [0.1, 0.15) is 19.3 Å². The zero-order valence-electron chi connectivity index (χ0n) is 13.8. The van der Waals surface area contributed by atoms with E-state index in [0.717, 1.165) is 38.0 Å². The monoisotopic (exact) mass is 339 g/mol. The fourth-order valence-electron chi connectivity index (χ4n) is 3.07. The summed E-state index contributed by atoms with van der Waals surface area (Å²) in [5, 5.41) is 8.00. The van der Waals surface area contributed by atoms with E-state index in [0.29, 0.717) is 23.0 Å². The van der Waals surface area contributed by atoms with Crippen LogP contribution in [0.3, 0.4) is 0 Å². The number of hydrogen-bond donors (Lipinski definition) is 4. The lowest BCUT2D eigenvalue weighted by Crippen LogP contribution is -2.30. The summed E-state index contributed by atoms with van der Waals surface area (Å²) >= 11 is 0. The molecule has 2 aromatic heterocycles. The first kappa shape index (κ1) is 15.8. The smallest absolute Gasteiger partial charge is 0.263 e. The molecule has 0 radical (unpaired) electrons. The number of H-pyrrole nitrogens is 1. The van der Waals surface area contributed by atoms with Crippen molar-refractivity contribution in [2.75, 3.05) is 18.4 Å². The van der Waals surface area contributed by atoms with Crippen LogP contribution in [0.15, 0.2) is 41.3 Å². The summed E-state index contributed by atoms with van der Waals surface area (Å²) in [6, 6.07) is 10.2. The predicted octanol–water partition coefficient (Wildman–Crippen LogP) is 1.17. The van der Waals surface area contributed by atoms with Crippen LogP contribution in [-0.4, -0.2) is 38.9 Å². The van der Waals surface area contributed by atoms with Crippen LogP contribution in [0.5, 0.6) is 0 Å². The van der Waals surface area contributed by atoms with Crippen LogP contribution in [-0.2, 0) is 0 Å². The van der Waals surface area contributed by atoms with Crippen molar-refractivity contribution in [1.29, 1.82) is 0 Å². The Labute approximate surface area is 144 Å². The summed E-state index contributed by atoms with van der Waals surface area (Å²) in [7, 11) is 0. The van der Waals surface area contributed by atoms with E-state index >= 15 is 0 Å².